The summed E-state index contributed by atoms with van der Waals surface area (Å²) in [7, 11) is 0. The SMILES string of the molecule is O=C(NN=Cc1cccc([N+](=O)[O-])c1)c1cc2cc(OCc3ccccc3)ccc2[nH]1. The largest absolute Gasteiger partial charge is 0.489 e. The van der Waals surface area contributed by atoms with Gasteiger partial charge >= 0.3 is 0 Å². The molecule has 0 saturated heterocycles. The minimum atomic E-state index is -0.488. The predicted octanol–water partition coefficient (Wildman–Crippen LogP) is 4.42. The lowest BCUT2D eigenvalue weighted by Crippen LogP contribution is -2.17. The van der Waals surface area contributed by atoms with Crippen LogP contribution in [0.1, 0.15) is 21.6 Å². The van der Waals surface area contributed by atoms with Crippen LogP contribution in [0.4, 0.5) is 5.69 Å². The molecule has 0 aliphatic heterocycles. The van der Waals surface area contributed by atoms with Gasteiger partial charge in [-0.2, -0.15) is 5.10 Å². The van der Waals surface area contributed by atoms with Crippen molar-refractivity contribution in [3.8, 4) is 5.75 Å². The summed E-state index contributed by atoms with van der Waals surface area (Å²) in [5.74, 6) is 0.274. The first-order chi connectivity index (χ1) is 15.1. The molecule has 0 atom stereocenters. The van der Waals surface area contributed by atoms with E-state index in [9.17, 15) is 14.9 Å². The van der Waals surface area contributed by atoms with Crippen molar-refractivity contribution < 1.29 is 14.5 Å². The molecule has 0 unspecified atom stereocenters. The third-order valence-corrected chi connectivity index (χ3v) is 4.55. The van der Waals surface area contributed by atoms with Crippen LogP contribution in [0.25, 0.3) is 10.9 Å². The number of carbonyl (C=O) groups is 1. The summed E-state index contributed by atoms with van der Waals surface area (Å²) in [5.41, 5.74) is 5.08. The van der Waals surface area contributed by atoms with E-state index in [0.29, 0.717) is 23.6 Å². The number of ether oxygens (including phenoxy) is 1. The number of H-pyrrole nitrogens is 1. The molecule has 0 aliphatic rings. The molecule has 4 rings (SSSR count). The molecule has 8 nitrogen and oxygen atoms in total. The van der Waals surface area contributed by atoms with Crippen LogP contribution in [0.15, 0.2) is 84.0 Å². The van der Waals surface area contributed by atoms with Gasteiger partial charge in [0.15, 0.2) is 0 Å². The minimum Gasteiger partial charge on any atom is -0.489 e. The number of nitro benzene ring substituents is 1. The molecule has 31 heavy (non-hydrogen) atoms. The van der Waals surface area contributed by atoms with Crippen molar-refractivity contribution >= 4 is 28.7 Å². The van der Waals surface area contributed by atoms with E-state index >= 15 is 0 Å². The van der Waals surface area contributed by atoms with Crippen LogP contribution in [0.5, 0.6) is 5.75 Å². The second kappa shape index (κ2) is 8.91. The maximum absolute atomic E-state index is 12.4. The van der Waals surface area contributed by atoms with Crippen LogP contribution < -0.4 is 10.2 Å². The lowest BCUT2D eigenvalue weighted by molar-refractivity contribution is -0.384. The fraction of sp³-hybridized carbons (Fsp3) is 0.0435. The molecule has 0 saturated carbocycles. The number of hydrogen-bond acceptors (Lipinski definition) is 5. The van der Waals surface area contributed by atoms with Gasteiger partial charge in [-0.1, -0.05) is 42.5 Å². The highest BCUT2D eigenvalue weighted by Crippen LogP contribution is 2.22. The first-order valence-electron chi connectivity index (χ1n) is 9.46. The highest BCUT2D eigenvalue weighted by molar-refractivity contribution is 5.98. The Kier molecular flexibility index (Phi) is 5.70. The van der Waals surface area contributed by atoms with Gasteiger partial charge < -0.3 is 9.72 Å². The number of nitrogens with one attached hydrogen (secondary N) is 2. The second-order valence-corrected chi connectivity index (χ2v) is 6.76. The Balaban J connectivity index is 1.41. The molecule has 0 fully saturated rings. The van der Waals surface area contributed by atoms with Crippen molar-refractivity contribution in [3.63, 3.8) is 0 Å². The van der Waals surface area contributed by atoms with E-state index in [0.717, 1.165) is 16.5 Å². The number of benzene rings is 3. The van der Waals surface area contributed by atoms with Crippen molar-refractivity contribution in [2.24, 2.45) is 5.10 Å². The Morgan fingerprint density at radius 2 is 1.90 bits per heavy atom. The zero-order valence-electron chi connectivity index (χ0n) is 16.3. The third kappa shape index (κ3) is 4.94. The fourth-order valence-electron chi connectivity index (χ4n) is 3.01. The molecule has 1 aromatic heterocycles. The zero-order chi connectivity index (χ0) is 21.6. The highest BCUT2D eigenvalue weighted by Gasteiger charge is 2.10. The summed E-state index contributed by atoms with van der Waals surface area (Å²) in [4.78, 5) is 25.8. The van der Waals surface area contributed by atoms with E-state index in [4.69, 9.17) is 4.74 Å². The normalized spacial score (nSPS) is 11.0. The summed E-state index contributed by atoms with van der Waals surface area (Å²) in [5, 5.41) is 15.5. The topological polar surface area (TPSA) is 110 Å². The summed E-state index contributed by atoms with van der Waals surface area (Å²) in [6, 6.07) is 23.1. The zero-order valence-corrected chi connectivity index (χ0v) is 16.3. The van der Waals surface area contributed by atoms with Crippen LogP contribution in [-0.4, -0.2) is 22.0 Å². The van der Waals surface area contributed by atoms with Gasteiger partial charge in [-0.05, 0) is 29.8 Å². The monoisotopic (exact) mass is 414 g/mol. The van der Waals surface area contributed by atoms with Gasteiger partial charge in [-0.3, -0.25) is 14.9 Å². The standard InChI is InChI=1S/C23H18N4O4/c28-23(26-24-14-17-7-4-8-19(11-17)27(29)30)22-13-18-12-20(9-10-21(18)25-22)31-15-16-5-2-1-3-6-16/h1-14,25H,15H2,(H,26,28). The molecule has 0 radical (unpaired) electrons. The van der Waals surface area contributed by atoms with Gasteiger partial charge in [0.25, 0.3) is 11.6 Å². The summed E-state index contributed by atoms with van der Waals surface area (Å²) in [6.07, 6.45) is 1.35. The lowest BCUT2D eigenvalue weighted by atomic mass is 10.2. The van der Waals surface area contributed by atoms with Gasteiger partial charge in [0.05, 0.1) is 11.1 Å². The van der Waals surface area contributed by atoms with Crippen molar-refractivity contribution in [2.45, 2.75) is 6.61 Å². The number of nitrogens with zero attached hydrogens (tertiary/aromatic N) is 2. The van der Waals surface area contributed by atoms with Gasteiger partial charge in [-0.25, -0.2) is 5.43 Å². The molecule has 1 amide bonds. The third-order valence-electron chi connectivity index (χ3n) is 4.55. The number of hydrazone groups is 1. The van der Waals surface area contributed by atoms with Crippen LogP contribution in [0.2, 0.25) is 0 Å². The Labute approximate surface area is 177 Å². The number of hydrogen-bond donors (Lipinski definition) is 2. The van der Waals surface area contributed by atoms with Gasteiger partial charge in [0.2, 0.25) is 0 Å². The Bertz CT molecular complexity index is 1270. The highest BCUT2D eigenvalue weighted by atomic mass is 16.6. The summed E-state index contributed by atoms with van der Waals surface area (Å²) in [6.45, 7) is 0.455. The van der Waals surface area contributed by atoms with E-state index < -0.39 is 10.8 Å². The Morgan fingerprint density at radius 3 is 2.71 bits per heavy atom. The number of nitro groups is 1. The maximum atomic E-state index is 12.4. The average Bonchev–Trinajstić information content (AvgIpc) is 3.22. The maximum Gasteiger partial charge on any atom is 0.287 e. The van der Waals surface area contributed by atoms with Gasteiger partial charge in [0, 0.05) is 28.6 Å². The minimum absolute atomic E-state index is 0.0452. The second-order valence-electron chi connectivity index (χ2n) is 6.76. The number of aromatic nitrogens is 1. The predicted molar refractivity (Wildman–Crippen MR) is 117 cm³/mol. The van der Waals surface area contributed by atoms with E-state index in [1.807, 2.05) is 48.5 Å². The van der Waals surface area contributed by atoms with Crippen molar-refractivity contribution in [1.29, 1.82) is 0 Å². The number of fused-ring (bicyclic) bond motifs is 1. The number of amides is 1. The van der Waals surface area contributed by atoms with E-state index in [-0.39, 0.29) is 5.69 Å². The van der Waals surface area contributed by atoms with Crippen LogP contribution in [-0.2, 0) is 6.61 Å². The number of non-ortho nitro benzene ring substituents is 1. The number of aromatic amines is 1. The molecule has 4 aromatic rings. The van der Waals surface area contributed by atoms with Crippen molar-refractivity contribution in [2.75, 3.05) is 0 Å². The molecule has 0 bridgehead atoms. The first kappa shape index (κ1) is 19.8. The Hall–Kier alpha value is -4.46. The van der Waals surface area contributed by atoms with Gasteiger partial charge in [0.1, 0.15) is 18.1 Å². The molecule has 3 aromatic carbocycles. The average molecular weight is 414 g/mol. The molecule has 8 heteroatoms. The molecular weight excluding hydrogens is 396 g/mol. The van der Waals surface area contributed by atoms with Crippen LogP contribution >= 0.6 is 0 Å². The smallest absolute Gasteiger partial charge is 0.287 e. The molecule has 2 N–H and O–H groups in total. The van der Waals surface area contributed by atoms with E-state index in [1.54, 1.807) is 18.2 Å². The quantitative estimate of drug-likeness (QED) is 0.265. The molecule has 154 valence electrons. The molecule has 0 spiro atoms. The first-order valence-corrected chi connectivity index (χ1v) is 9.46. The van der Waals surface area contributed by atoms with Crippen molar-refractivity contribution in [1.82, 2.24) is 10.4 Å². The molecule has 0 aliphatic carbocycles. The van der Waals surface area contributed by atoms with Gasteiger partial charge in [-0.15, -0.1) is 0 Å². The summed E-state index contributed by atoms with van der Waals surface area (Å²) >= 11 is 0. The van der Waals surface area contributed by atoms with E-state index in [2.05, 4.69) is 15.5 Å². The van der Waals surface area contributed by atoms with Crippen LogP contribution in [0.3, 0.4) is 0 Å². The van der Waals surface area contributed by atoms with Crippen molar-refractivity contribution in [3.05, 3.63) is 106 Å². The van der Waals surface area contributed by atoms with Crippen LogP contribution in [0, 0.1) is 10.1 Å². The Morgan fingerprint density at radius 1 is 1.06 bits per heavy atom. The molecule has 1 heterocycles. The lowest BCUT2D eigenvalue weighted by Gasteiger charge is -2.06. The number of carbonyl (C=O) groups excluding carboxylic acids is 1. The fourth-order valence-corrected chi connectivity index (χ4v) is 3.01. The number of rotatable bonds is 7. The molecular formula is C23H18N4O4. The van der Waals surface area contributed by atoms with E-state index in [1.165, 1.54) is 18.3 Å². The summed E-state index contributed by atoms with van der Waals surface area (Å²) < 4.78 is 5.82.